The molecular weight excluding hydrogens is 374 g/mol. The number of hydrogen-bond acceptors (Lipinski definition) is 9. The van der Waals surface area contributed by atoms with Gasteiger partial charge in [0.25, 0.3) is 0 Å². The molecule has 0 aliphatic rings. The van der Waals surface area contributed by atoms with Gasteiger partial charge in [0.2, 0.25) is 5.95 Å². The van der Waals surface area contributed by atoms with E-state index in [-0.39, 0.29) is 24.8 Å². The average molecular weight is 401 g/mol. The van der Waals surface area contributed by atoms with Crippen molar-refractivity contribution in [2.45, 2.75) is 32.4 Å². The molecule has 0 radical (unpaired) electrons. The lowest BCUT2D eigenvalue weighted by atomic mass is 10.1. The first-order valence-corrected chi connectivity index (χ1v) is 9.41. The second-order valence-electron chi connectivity index (χ2n) is 6.98. The maximum Gasteiger partial charge on any atom is 0.225 e. The van der Waals surface area contributed by atoms with Gasteiger partial charge >= 0.3 is 0 Å². The molecular formula is C19H27N7O3. The third-order valence-corrected chi connectivity index (χ3v) is 4.52. The molecule has 10 nitrogen and oxygen atoms in total. The van der Waals surface area contributed by atoms with Crippen molar-refractivity contribution in [2.24, 2.45) is 5.73 Å². The molecule has 0 amide bonds. The van der Waals surface area contributed by atoms with Gasteiger partial charge in [-0.3, -0.25) is 5.10 Å². The molecule has 0 aliphatic heterocycles. The molecule has 0 fully saturated rings. The summed E-state index contributed by atoms with van der Waals surface area (Å²) in [4.78, 5) is 9.03. The summed E-state index contributed by atoms with van der Waals surface area (Å²) in [6.07, 6.45) is -0.701. The van der Waals surface area contributed by atoms with Crippen LogP contribution in [0.5, 0.6) is 11.5 Å². The monoisotopic (exact) mass is 401 g/mol. The summed E-state index contributed by atoms with van der Waals surface area (Å²) in [5.74, 6) is 1.52. The Kier molecular flexibility index (Phi) is 6.35. The lowest BCUT2D eigenvalue weighted by molar-refractivity contribution is 0.196. The second kappa shape index (κ2) is 8.93. The fourth-order valence-corrected chi connectivity index (χ4v) is 2.87. The highest BCUT2D eigenvalue weighted by atomic mass is 16.5. The first kappa shape index (κ1) is 20.6. The summed E-state index contributed by atoms with van der Waals surface area (Å²) in [6.45, 7) is 4.76. The van der Waals surface area contributed by atoms with Crippen LogP contribution in [0.15, 0.2) is 18.2 Å². The van der Waals surface area contributed by atoms with E-state index in [1.807, 2.05) is 13.8 Å². The Balaban J connectivity index is 1.93. The van der Waals surface area contributed by atoms with Crippen LogP contribution in [-0.4, -0.2) is 56.7 Å². The number of nitrogens with one attached hydrogen (secondary N) is 3. The van der Waals surface area contributed by atoms with Crippen molar-refractivity contribution < 1.29 is 14.9 Å². The average Bonchev–Trinajstić information content (AvgIpc) is 3.15. The van der Waals surface area contributed by atoms with Crippen molar-refractivity contribution in [3.05, 3.63) is 29.5 Å². The minimum absolute atomic E-state index is 0.0714. The highest BCUT2D eigenvalue weighted by Gasteiger charge is 2.18. The van der Waals surface area contributed by atoms with E-state index < -0.39 is 6.10 Å². The predicted molar refractivity (Wildman–Crippen MR) is 111 cm³/mol. The van der Waals surface area contributed by atoms with E-state index in [9.17, 15) is 10.2 Å². The quantitative estimate of drug-likeness (QED) is 0.313. The molecule has 1 aromatic carbocycles. The number of anilines is 2. The molecule has 0 saturated heterocycles. The molecule has 1 atom stereocenters. The number of aliphatic hydroxyl groups is 1. The number of nitrogens with two attached hydrogens (primary N) is 1. The van der Waals surface area contributed by atoms with Gasteiger partial charge in [0.1, 0.15) is 5.52 Å². The zero-order chi connectivity index (χ0) is 21.0. The number of nitrogens with zero attached hydrogens (tertiary/aromatic N) is 3. The molecule has 0 bridgehead atoms. The first-order valence-electron chi connectivity index (χ1n) is 9.41. The summed E-state index contributed by atoms with van der Waals surface area (Å²) in [5.41, 5.74) is 8.29. The minimum atomic E-state index is -0.701. The van der Waals surface area contributed by atoms with E-state index in [0.717, 1.165) is 5.69 Å². The van der Waals surface area contributed by atoms with Crippen LogP contribution in [0.4, 0.5) is 11.8 Å². The van der Waals surface area contributed by atoms with Crippen LogP contribution in [0.3, 0.4) is 0 Å². The van der Waals surface area contributed by atoms with Gasteiger partial charge in [-0.05, 0) is 12.0 Å². The van der Waals surface area contributed by atoms with Gasteiger partial charge < -0.3 is 31.3 Å². The molecule has 3 aromatic rings. The Labute approximate surface area is 168 Å². The van der Waals surface area contributed by atoms with Gasteiger partial charge in [-0.25, -0.2) is 4.98 Å². The number of benzene rings is 1. The van der Waals surface area contributed by atoms with Gasteiger partial charge in [0, 0.05) is 25.2 Å². The lowest BCUT2D eigenvalue weighted by Gasteiger charge is -2.13. The summed E-state index contributed by atoms with van der Waals surface area (Å²) < 4.78 is 5.16. The molecule has 0 aliphatic carbocycles. The fourth-order valence-electron chi connectivity index (χ4n) is 2.87. The van der Waals surface area contributed by atoms with Gasteiger partial charge in [-0.2, -0.15) is 10.1 Å². The van der Waals surface area contributed by atoms with Crippen molar-refractivity contribution in [3.8, 4) is 11.5 Å². The summed E-state index contributed by atoms with van der Waals surface area (Å²) >= 11 is 0. The Hall–Kier alpha value is -3.11. The molecule has 1 unspecified atom stereocenters. The molecule has 3 rings (SSSR count). The van der Waals surface area contributed by atoms with Crippen LogP contribution in [0.2, 0.25) is 0 Å². The molecule has 0 saturated carbocycles. The third kappa shape index (κ3) is 4.49. The number of aliphatic hydroxyl groups excluding tert-OH is 1. The van der Waals surface area contributed by atoms with Crippen LogP contribution >= 0.6 is 0 Å². The standard InChI is InChI=1S/C19H27N7O3/c1-10(2)14-15-16(26-25-14)18(24-19(23-15)22-9-12(27)7-20)21-8-11-5-4-6-13(29-3)17(11)28/h4-6,10,12,27-28H,7-9,20H2,1-3H3,(H,25,26)(H2,21,22,23,24). The van der Waals surface area contributed by atoms with Gasteiger partial charge in [-0.1, -0.05) is 26.0 Å². The van der Waals surface area contributed by atoms with Gasteiger partial charge in [-0.15, -0.1) is 0 Å². The van der Waals surface area contributed by atoms with E-state index in [2.05, 4.69) is 30.8 Å². The van der Waals surface area contributed by atoms with Crippen molar-refractivity contribution in [2.75, 3.05) is 30.8 Å². The molecule has 2 heterocycles. The SMILES string of the molecule is COc1cccc(CNc2nc(NCC(O)CN)nc3c(C(C)C)[nH]nc23)c1O. The van der Waals surface area contributed by atoms with Crippen LogP contribution < -0.4 is 21.1 Å². The number of aromatic amines is 1. The third-order valence-electron chi connectivity index (χ3n) is 4.52. The molecule has 7 N–H and O–H groups in total. The highest BCUT2D eigenvalue weighted by molar-refractivity contribution is 5.88. The molecule has 10 heteroatoms. The fraction of sp³-hybridized carbons (Fsp3) is 0.421. The number of phenolic OH excluding ortho intramolecular Hbond substituents is 1. The van der Waals surface area contributed by atoms with Crippen molar-refractivity contribution in [3.63, 3.8) is 0 Å². The normalized spacial score (nSPS) is 12.3. The highest BCUT2D eigenvalue weighted by Crippen LogP contribution is 2.31. The summed E-state index contributed by atoms with van der Waals surface area (Å²) in [7, 11) is 1.51. The van der Waals surface area contributed by atoms with Crippen LogP contribution in [0.1, 0.15) is 31.0 Å². The van der Waals surface area contributed by atoms with Crippen LogP contribution in [0.25, 0.3) is 11.0 Å². The summed E-state index contributed by atoms with van der Waals surface area (Å²) in [5, 5.41) is 33.6. The second-order valence-corrected chi connectivity index (χ2v) is 6.98. The number of ether oxygens (including phenoxy) is 1. The Bertz CT molecular complexity index is 974. The van der Waals surface area contributed by atoms with Crippen molar-refractivity contribution in [1.82, 2.24) is 20.2 Å². The van der Waals surface area contributed by atoms with Crippen LogP contribution in [-0.2, 0) is 6.54 Å². The number of H-pyrrole nitrogens is 1. The zero-order valence-electron chi connectivity index (χ0n) is 16.7. The van der Waals surface area contributed by atoms with E-state index >= 15 is 0 Å². The number of hydrogen-bond donors (Lipinski definition) is 6. The predicted octanol–water partition coefficient (Wildman–Crippen LogP) is 1.53. The molecule has 156 valence electrons. The topological polar surface area (TPSA) is 154 Å². The van der Waals surface area contributed by atoms with E-state index in [4.69, 9.17) is 10.5 Å². The largest absolute Gasteiger partial charge is 0.504 e. The number of para-hydroxylation sites is 1. The number of methoxy groups -OCH3 is 1. The van der Waals surface area contributed by atoms with Gasteiger partial charge in [0.05, 0.1) is 18.9 Å². The van der Waals surface area contributed by atoms with Crippen LogP contribution in [0, 0.1) is 0 Å². The minimum Gasteiger partial charge on any atom is -0.504 e. The van der Waals surface area contributed by atoms with Crippen molar-refractivity contribution >= 4 is 22.8 Å². The maximum atomic E-state index is 10.3. The maximum absolute atomic E-state index is 10.3. The number of phenols is 1. The van der Waals surface area contributed by atoms with E-state index in [0.29, 0.717) is 40.7 Å². The Morgan fingerprint density at radius 2 is 2.00 bits per heavy atom. The van der Waals surface area contributed by atoms with E-state index in [1.165, 1.54) is 7.11 Å². The number of aromatic hydroxyl groups is 1. The first-order chi connectivity index (χ1) is 13.9. The van der Waals surface area contributed by atoms with E-state index in [1.54, 1.807) is 18.2 Å². The number of aromatic nitrogens is 4. The molecule has 0 spiro atoms. The Morgan fingerprint density at radius 3 is 2.69 bits per heavy atom. The van der Waals surface area contributed by atoms with Crippen molar-refractivity contribution in [1.29, 1.82) is 0 Å². The number of fused-ring (bicyclic) bond motifs is 1. The number of rotatable bonds is 9. The van der Waals surface area contributed by atoms with Gasteiger partial charge in [0.15, 0.2) is 22.8 Å². The smallest absolute Gasteiger partial charge is 0.225 e. The summed E-state index contributed by atoms with van der Waals surface area (Å²) in [6, 6.07) is 5.29. The Morgan fingerprint density at radius 1 is 1.21 bits per heavy atom. The molecule has 2 aromatic heterocycles. The lowest BCUT2D eigenvalue weighted by Crippen LogP contribution is -2.28. The zero-order valence-corrected chi connectivity index (χ0v) is 16.7. The molecule has 29 heavy (non-hydrogen) atoms.